The Morgan fingerprint density at radius 2 is 1.48 bits per heavy atom. The molecule has 0 aromatic heterocycles. The van der Waals surface area contributed by atoms with Crippen LogP contribution < -0.4 is 16.4 Å². The fraction of sp³-hybridized carbons (Fsp3) is 0.100. The Kier molecular flexibility index (Phi) is 4.48. The van der Waals surface area contributed by atoms with Crippen molar-refractivity contribution in [3.63, 3.8) is 0 Å². The quantitative estimate of drug-likeness (QED) is 0.559. The van der Waals surface area contributed by atoms with Crippen molar-refractivity contribution >= 4 is 28.4 Å². The topological polar surface area (TPSA) is 50.1 Å². The van der Waals surface area contributed by atoms with Crippen LogP contribution in [0.5, 0.6) is 0 Å². The van der Waals surface area contributed by atoms with Crippen molar-refractivity contribution in [1.82, 2.24) is 0 Å². The number of hydrogen-bond donors (Lipinski definition) is 3. The molecule has 0 bridgehead atoms. The molecular weight excluding hydrogens is 282 g/mol. The first-order valence-electron chi connectivity index (χ1n) is 7.83. The normalized spacial score (nSPS) is 10.3. The summed E-state index contributed by atoms with van der Waals surface area (Å²) < 4.78 is 0. The van der Waals surface area contributed by atoms with Crippen LogP contribution in [0.15, 0.2) is 72.8 Å². The number of anilines is 5. The van der Waals surface area contributed by atoms with Gasteiger partial charge in [-0.3, -0.25) is 0 Å². The fourth-order valence-electron chi connectivity index (χ4n) is 2.46. The van der Waals surface area contributed by atoms with E-state index in [2.05, 4.69) is 35.8 Å². The Labute approximate surface area is 137 Å². The van der Waals surface area contributed by atoms with Crippen LogP contribution in [-0.4, -0.2) is 0 Å². The standard InChI is InChI=1S/C20H21N3/c1-2-15-12-13-19(22-16-8-4-3-5-9-16)20(14-15)23-18-11-7-6-10-17(18)21/h3-14,22-23H,2,21H2,1H3. The molecule has 0 heterocycles. The van der Waals surface area contributed by atoms with E-state index in [1.165, 1.54) is 5.56 Å². The first-order valence-corrected chi connectivity index (χ1v) is 7.83. The van der Waals surface area contributed by atoms with Crippen molar-refractivity contribution in [1.29, 1.82) is 0 Å². The van der Waals surface area contributed by atoms with Crippen LogP contribution in [0.1, 0.15) is 12.5 Å². The van der Waals surface area contributed by atoms with E-state index in [4.69, 9.17) is 5.73 Å². The second-order valence-corrected chi connectivity index (χ2v) is 5.44. The minimum atomic E-state index is 0.736. The zero-order valence-electron chi connectivity index (χ0n) is 13.2. The Balaban J connectivity index is 1.94. The molecular formula is C20H21N3. The van der Waals surface area contributed by atoms with Gasteiger partial charge in [0.25, 0.3) is 0 Å². The van der Waals surface area contributed by atoms with Gasteiger partial charge < -0.3 is 16.4 Å². The molecule has 0 fully saturated rings. The third-order valence-electron chi connectivity index (χ3n) is 3.78. The van der Waals surface area contributed by atoms with Gasteiger partial charge in [-0.2, -0.15) is 0 Å². The van der Waals surface area contributed by atoms with E-state index in [0.29, 0.717) is 0 Å². The van der Waals surface area contributed by atoms with Crippen LogP contribution in [-0.2, 0) is 6.42 Å². The second-order valence-electron chi connectivity index (χ2n) is 5.44. The average molecular weight is 303 g/mol. The number of nitrogen functional groups attached to an aromatic ring is 1. The second kappa shape index (κ2) is 6.88. The van der Waals surface area contributed by atoms with Gasteiger partial charge in [-0.1, -0.05) is 43.3 Å². The predicted octanol–water partition coefficient (Wildman–Crippen LogP) is 5.32. The lowest BCUT2D eigenvalue weighted by atomic mass is 10.1. The number of rotatable bonds is 5. The summed E-state index contributed by atoms with van der Waals surface area (Å²) in [4.78, 5) is 0. The molecule has 3 nitrogen and oxygen atoms in total. The molecule has 0 atom stereocenters. The monoisotopic (exact) mass is 303 g/mol. The Morgan fingerprint density at radius 1 is 0.739 bits per heavy atom. The molecule has 23 heavy (non-hydrogen) atoms. The van der Waals surface area contributed by atoms with Gasteiger partial charge in [0.1, 0.15) is 0 Å². The summed E-state index contributed by atoms with van der Waals surface area (Å²) in [5, 5.41) is 6.91. The van der Waals surface area contributed by atoms with Crippen LogP contribution in [0.4, 0.5) is 28.4 Å². The van der Waals surface area contributed by atoms with E-state index in [-0.39, 0.29) is 0 Å². The number of nitrogens with one attached hydrogen (secondary N) is 2. The van der Waals surface area contributed by atoms with Gasteiger partial charge in [-0.05, 0) is 48.4 Å². The molecule has 0 aliphatic rings. The van der Waals surface area contributed by atoms with Crippen molar-refractivity contribution < 1.29 is 0 Å². The smallest absolute Gasteiger partial charge is 0.0626 e. The first kappa shape index (κ1) is 15.0. The highest BCUT2D eigenvalue weighted by Crippen LogP contribution is 2.31. The van der Waals surface area contributed by atoms with Crippen LogP contribution in [0.2, 0.25) is 0 Å². The van der Waals surface area contributed by atoms with Gasteiger partial charge in [-0.25, -0.2) is 0 Å². The molecule has 0 aliphatic carbocycles. The molecule has 3 rings (SSSR count). The maximum Gasteiger partial charge on any atom is 0.0626 e. The molecule has 0 saturated carbocycles. The summed E-state index contributed by atoms with van der Waals surface area (Å²) in [6, 6.07) is 24.4. The average Bonchev–Trinajstić information content (AvgIpc) is 2.59. The molecule has 3 aromatic rings. The highest BCUT2D eigenvalue weighted by atomic mass is 15.0. The molecule has 3 heteroatoms. The lowest BCUT2D eigenvalue weighted by molar-refractivity contribution is 1.14. The molecule has 116 valence electrons. The van der Waals surface area contributed by atoms with Crippen LogP contribution >= 0.6 is 0 Å². The molecule has 3 aromatic carbocycles. The van der Waals surface area contributed by atoms with Gasteiger partial charge in [0.2, 0.25) is 0 Å². The SMILES string of the molecule is CCc1ccc(Nc2ccccc2)c(Nc2ccccc2N)c1. The Morgan fingerprint density at radius 3 is 2.22 bits per heavy atom. The van der Waals surface area contributed by atoms with Gasteiger partial charge >= 0.3 is 0 Å². The summed E-state index contributed by atoms with van der Waals surface area (Å²) in [5.41, 5.74) is 12.1. The lowest BCUT2D eigenvalue weighted by Gasteiger charge is -2.16. The number of nitrogens with two attached hydrogens (primary N) is 1. The van der Waals surface area contributed by atoms with E-state index in [9.17, 15) is 0 Å². The Hall–Kier alpha value is -2.94. The van der Waals surface area contributed by atoms with Crippen LogP contribution in [0.3, 0.4) is 0 Å². The van der Waals surface area contributed by atoms with Gasteiger partial charge in [-0.15, -0.1) is 0 Å². The lowest BCUT2D eigenvalue weighted by Crippen LogP contribution is -2.00. The maximum absolute atomic E-state index is 6.06. The summed E-state index contributed by atoms with van der Waals surface area (Å²) in [7, 11) is 0. The molecule has 0 radical (unpaired) electrons. The van der Waals surface area contributed by atoms with E-state index in [1.54, 1.807) is 0 Å². The number of para-hydroxylation sites is 3. The molecule has 4 N–H and O–H groups in total. The van der Waals surface area contributed by atoms with E-state index in [0.717, 1.165) is 34.9 Å². The Bertz CT molecular complexity index is 782. The van der Waals surface area contributed by atoms with E-state index < -0.39 is 0 Å². The molecule has 0 saturated heterocycles. The predicted molar refractivity (Wildman–Crippen MR) is 99.7 cm³/mol. The largest absolute Gasteiger partial charge is 0.397 e. The van der Waals surface area contributed by atoms with E-state index in [1.807, 2.05) is 54.6 Å². The zero-order valence-corrected chi connectivity index (χ0v) is 13.2. The fourth-order valence-corrected chi connectivity index (χ4v) is 2.46. The summed E-state index contributed by atoms with van der Waals surface area (Å²) in [5.74, 6) is 0. The van der Waals surface area contributed by atoms with Crippen molar-refractivity contribution in [2.45, 2.75) is 13.3 Å². The summed E-state index contributed by atoms with van der Waals surface area (Å²) >= 11 is 0. The third-order valence-corrected chi connectivity index (χ3v) is 3.78. The van der Waals surface area contributed by atoms with E-state index >= 15 is 0 Å². The third kappa shape index (κ3) is 3.64. The van der Waals surface area contributed by atoms with Gasteiger partial charge in [0.15, 0.2) is 0 Å². The first-order chi connectivity index (χ1) is 11.3. The molecule has 0 aliphatic heterocycles. The highest BCUT2D eigenvalue weighted by Gasteiger charge is 2.06. The van der Waals surface area contributed by atoms with Gasteiger partial charge in [0.05, 0.1) is 22.7 Å². The number of hydrogen-bond acceptors (Lipinski definition) is 3. The van der Waals surface area contributed by atoms with Crippen molar-refractivity contribution in [2.75, 3.05) is 16.4 Å². The van der Waals surface area contributed by atoms with Crippen molar-refractivity contribution in [3.05, 3.63) is 78.4 Å². The van der Waals surface area contributed by atoms with Crippen molar-refractivity contribution in [2.24, 2.45) is 0 Å². The van der Waals surface area contributed by atoms with Crippen molar-refractivity contribution in [3.8, 4) is 0 Å². The minimum absolute atomic E-state index is 0.736. The summed E-state index contributed by atoms with van der Waals surface area (Å²) in [6.45, 7) is 2.15. The number of aryl methyl sites for hydroxylation is 1. The zero-order chi connectivity index (χ0) is 16.1. The molecule has 0 amide bonds. The summed E-state index contributed by atoms with van der Waals surface area (Å²) in [6.07, 6.45) is 0.991. The molecule has 0 spiro atoms. The molecule has 0 unspecified atom stereocenters. The highest BCUT2D eigenvalue weighted by molar-refractivity contribution is 5.82. The van der Waals surface area contributed by atoms with Gasteiger partial charge in [0, 0.05) is 5.69 Å². The maximum atomic E-state index is 6.06. The van der Waals surface area contributed by atoms with Crippen LogP contribution in [0, 0.1) is 0 Å². The minimum Gasteiger partial charge on any atom is -0.397 e. The van der Waals surface area contributed by atoms with Crippen LogP contribution in [0.25, 0.3) is 0 Å². The number of benzene rings is 3.